The van der Waals surface area contributed by atoms with Crippen molar-refractivity contribution in [1.29, 1.82) is 0 Å². The third kappa shape index (κ3) is 2.82. The number of rotatable bonds is 4. The Kier molecular flexibility index (Phi) is 4.69. The maximum atomic E-state index is 12.3. The van der Waals surface area contributed by atoms with E-state index in [1.54, 1.807) is 7.11 Å². The lowest BCUT2D eigenvalue weighted by atomic mass is 9.56. The molecule has 3 aromatic rings. The number of β-amino-alcohol motifs (C(OH)–C–C–N with tert-alkyl or cyclic N) is 1. The first-order valence-electron chi connectivity index (χ1n) is 10.5. The molecule has 0 amide bonds. The predicted molar refractivity (Wildman–Crippen MR) is 122 cm³/mol. The van der Waals surface area contributed by atoms with E-state index in [4.69, 9.17) is 16.3 Å². The molecule has 1 fully saturated rings. The van der Waals surface area contributed by atoms with Crippen molar-refractivity contribution >= 4 is 22.5 Å². The summed E-state index contributed by atoms with van der Waals surface area (Å²) in [5.41, 5.74) is 3.21. The van der Waals surface area contributed by atoms with Crippen molar-refractivity contribution in [3.05, 3.63) is 77.0 Å². The van der Waals surface area contributed by atoms with Gasteiger partial charge in [-0.05, 0) is 48.4 Å². The number of likely N-dealkylation sites (tertiary alicyclic amines) is 1. The Morgan fingerprint density at radius 2 is 2.10 bits per heavy atom. The third-order valence-electron chi connectivity index (χ3n) is 7.15. The first kappa shape index (κ1) is 19.7. The number of aromatic nitrogens is 1. The van der Waals surface area contributed by atoms with Gasteiger partial charge in [-0.1, -0.05) is 35.9 Å². The molecule has 5 heteroatoms. The molecule has 0 saturated carbocycles. The molecule has 30 heavy (non-hydrogen) atoms. The predicted octanol–water partition coefficient (Wildman–Crippen LogP) is 4.49. The van der Waals surface area contributed by atoms with Gasteiger partial charge < -0.3 is 14.8 Å². The van der Waals surface area contributed by atoms with Crippen molar-refractivity contribution in [2.75, 3.05) is 26.7 Å². The summed E-state index contributed by atoms with van der Waals surface area (Å²) in [6, 6.07) is 14.2. The minimum Gasteiger partial charge on any atom is -0.497 e. The fourth-order valence-electron chi connectivity index (χ4n) is 5.70. The summed E-state index contributed by atoms with van der Waals surface area (Å²) in [7, 11) is 1.69. The van der Waals surface area contributed by atoms with Crippen molar-refractivity contribution in [3.63, 3.8) is 0 Å². The molecule has 0 radical (unpaired) electrons. The van der Waals surface area contributed by atoms with Crippen molar-refractivity contribution in [2.24, 2.45) is 0 Å². The van der Waals surface area contributed by atoms with Crippen LogP contribution in [0.5, 0.6) is 5.75 Å². The number of hydrogen-bond donors (Lipinski definition) is 2. The number of piperidine rings is 1. The summed E-state index contributed by atoms with van der Waals surface area (Å²) in [6.45, 7) is 6.20. The van der Waals surface area contributed by atoms with Crippen LogP contribution in [0.1, 0.15) is 23.2 Å². The molecular formula is C25H27ClN2O2. The molecule has 2 atom stereocenters. The average Bonchev–Trinajstić information content (AvgIpc) is 3.09. The molecule has 2 aliphatic rings. The van der Waals surface area contributed by atoms with Gasteiger partial charge in [0.15, 0.2) is 0 Å². The van der Waals surface area contributed by atoms with Crippen molar-refractivity contribution in [1.82, 2.24) is 9.88 Å². The molecule has 1 aliphatic heterocycles. The second kappa shape index (κ2) is 7.16. The number of aromatic amines is 1. The lowest BCUT2D eigenvalue weighted by Gasteiger charge is -2.56. The van der Waals surface area contributed by atoms with Crippen LogP contribution in [0.15, 0.2) is 55.1 Å². The van der Waals surface area contributed by atoms with Crippen molar-refractivity contribution in [2.45, 2.75) is 30.3 Å². The maximum absolute atomic E-state index is 12.3. The van der Waals surface area contributed by atoms with E-state index >= 15 is 0 Å². The average molecular weight is 423 g/mol. The van der Waals surface area contributed by atoms with E-state index in [2.05, 4.69) is 34.7 Å². The Morgan fingerprint density at radius 3 is 2.90 bits per heavy atom. The first-order valence-corrected chi connectivity index (χ1v) is 10.9. The molecule has 2 aromatic carbocycles. The second-order valence-electron chi connectivity index (χ2n) is 8.72. The molecule has 1 aliphatic carbocycles. The van der Waals surface area contributed by atoms with Crippen molar-refractivity contribution in [3.8, 4) is 5.75 Å². The number of nitrogens with one attached hydrogen (secondary N) is 1. The van der Waals surface area contributed by atoms with Crippen LogP contribution < -0.4 is 4.74 Å². The number of hydrogen-bond acceptors (Lipinski definition) is 3. The molecule has 2 N–H and O–H groups in total. The molecule has 0 bridgehead atoms. The van der Waals surface area contributed by atoms with E-state index in [9.17, 15) is 5.11 Å². The number of fused-ring (bicyclic) bond motifs is 4. The minimum atomic E-state index is -0.915. The van der Waals surface area contributed by atoms with Crippen LogP contribution in [0.25, 0.3) is 10.9 Å². The van der Waals surface area contributed by atoms with Gasteiger partial charge in [-0.15, -0.1) is 6.58 Å². The number of H-pyrrole nitrogens is 1. The van der Waals surface area contributed by atoms with Gasteiger partial charge in [0.25, 0.3) is 0 Å². The van der Waals surface area contributed by atoms with Gasteiger partial charge in [0.05, 0.1) is 17.7 Å². The van der Waals surface area contributed by atoms with E-state index in [0.29, 0.717) is 13.0 Å². The smallest absolute Gasteiger partial charge is 0.119 e. The van der Waals surface area contributed by atoms with Gasteiger partial charge in [0.1, 0.15) is 5.75 Å². The molecule has 2 unspecified atom stereocenters. The highest BCUT2D eigenvalue weighted by atomic mass is 35.5. The molecule has 4 nitrogen and oxygen atoms in total. The standard InChI is InChI=1S/C25H27ClN2O2/c1-3-11-28-12-10-24(17-6-4-7-18(13-17)30-2)15-22-19(14-25(24,29)16-28)23-20(26)8-5-9-21(23)27-22/h3-9,13,27,29H,1,10-12,14-16H2,2H3. The fourth-order valence-corrected chi connectivity index (χ4v) is 5.99. The number of benzene rings is 2. The molecule has 1 saturated heterocycles. The summed E-state index contributed by atoms with van der Waals surface area (Å²) >= 11 is 6.58. The highest BCUT2D eigenvalue weighted by molar-refractivity contribution is 6.35. The molecular weight excluding hydrogens is 396 g/mol. The number of nitrogens with zero attached hydrogens (tertiary/aromatic N) is 1. The molecule has 1 aromatic heterocycles. The van der Waals surface area contributed by atoms with E-state index in [-0.39, 0.29) is 5.41 Å². The monoisotopic (exact) mass is 422 g/mol. The number of methoxy groups -OCH3 is 1. The number of halogens is 1. The van der Waals surface area contributed by atoms with Crippen LogP contribution in [0, 0.1) is 0 Å². The number of aliphatic hydroxyl groups is 1. The number of ether oxygens (including phenoxy) is 1. The summed E-state index contributed by atoms with van der Waals surface area (Å²) < 4.78 is 5.52. The third-order valence-corrected chi connectivity index (χ3v) is 7.47. The zero-order valence-electron chi connectivity index (χ0n) is 17.2. The zero-order chi connectivity index (χ0) is 20.9. The van der Waals surface area contributed by atoms with Crippen LogP contribution in [0.4, 0.5) is 0 Å². The normalized spacial score (nSPS) is 26.2. The summed E-state index contributed by atoms with van der Waals surface area (Å²) in [5, 5.41) is 14.1. The summed E-state index contributed by atoms with van der Waals surface area (Å²) in [5.74, 6) is 0.822. The van der Waals surface area contributed by atoms with Crippen LogP contribution in [-0.2, 0) is 18.3 Å². The van der Waals surface area contributed by atoms with Gasteiger partial charge in [0.2, 0.25) is 0 Å². The van der Waals surface area contributed by atoms with Crippen LogP contribution in [-0.4, -0.2) is 47.3 Å². The highest BCUT2D eigenvalue weighted by Crippen LogP contribution is 2.52. The van der Waals surface area contributed by atoms with Gasteiger partial charge in [0, 0.05) is 47.9 Å². The van der Waals surface area contributed by atoms with E-state index < -0.39 is 5.60 Å². The quantitative estimate of drug-likeness (QED) is 0.609. The summed E-state index contributed by atoms with van der Waals surface area (Å²) in [4.78, 5) is 5.91. The Morgan fingerprint density at radius 1 is 1.27 bits per heavy atom. The second-order valence-corrected chi connectivity index (χ2v) is 9.12. The lowest BCUT2D eigenvalue weighted by molar-refractivity contribution is -0.100. The van der Waals surface area contributed by atoms with Crippen LogP contribution in [0.2, 0.25) is 5.02 Å². The summed E-state index contributed by atoms with van der Waals surface area (Å²) in [6.07, 6.45) is 4.10. The maximum Gasteiger partial charge on any atom is 0.119 e. The zero-order valence-corrected chi connectivity index (χ0v) is 18.0. The Balaban J connectivity index is 1.70. The van der Waals surface area contributed by atoms with Gasteiger partial charge in [-0.2, -0.15) is 0 Å². The lowest BCUT2D eigenvalue weighted by Crippen LogP contribution is -2.66. The van der Waals surface area contributed by atoms with Gasteiger partial charge in [-0.3, -0.25) is 4.90 Å². The van der Waals surface area contributed by atoms with E-state index in [1.165, 1.54) is 5.69 Å². The highest BCUT2D eigenvalue weighted by Gasteiger charge is 2.57. The SMILES string of the molecule is C=CCN1CCC2(c3cccc(OC)c3)Cc3[nH]c4cccc(Cl)c4c3CC2(O)C1. The molecule has 156 valence electrons. The molecule has 0 spiro atoms. The van der Waals surface area contributed by atoms with Crippen LogP contribution >= 0.6 is 11.6 Å². The first-order chi connectivity index (χ1) is 14.5. The molecule has 2 heterocycles. The van der Waals surface area contributed by atoms with Gasteiger partial charge in [-0.25, -0.2) is 0 Å². The Hall–Kier alpha value is -2.27. The Labute approximate surface area is 182 Å². The van der Waals surface area contributed by atoms with E-state index in [1.807, 2.05) is 30.3 Å². The van der Waals surface area contributed by atoms with Gasteiger partial charge >= 0.3 is 0 Å². The molecule has 5 rings (SSSR count). The van der Waals surface area contributed by atoms with Crippen molar-refractivity contribution < 1.29 is 9.84 Å². The van der Waals surface area contributed by atoms with Crippen LogP contribution in [0.3, 0.4) is 0 Å². The largest absolute Gasteiger partial charge is 0.497 e. The fraction of sp³-hybridized carbons (Fsp3) is 0.360. The topological polar surface area (TPSA) is 48.5 Å². The Bertz CT molecular complexity index is 1120. The minimum absolute atomic E-state index is 0.389. The van der Waals surface area contributed by atoms with E-state index in [0.717, 1.165) is 58.7 Å².